The molecular formula is C15H16N2O3. The van der Waals surface area contributed by atoms with Crippen molar-refractivity contribution >= 4 is 11.4 Å². The minimum atomic E-state index is -0.443. The van der Waals surface area contributed by atoms with Crippen molar-refractivity contribution in [3.63, 3.8) is 0 Å². The number of nitrogens with two attached hydrogens (primary N) is 1. The van der Waals surface area contributed by atoms with Gasteiger partial charge in [-0.25, -0.2) is 0 Å². The van der Waals surface area contributed by atoms with Crippen LogP contribution < -0.4 is 5.73 Å². The maximum atomic E-state index is 11.0. The van der Waals surface area contributed by atoms with Crippen LogP contribution in [-0.4, -0.2) is 11.5 Å². The fraction of sp³-hybridized carbons (Fsp3) is 0.200. The number of hydrogen-bond donors (Lipinski definition) is 1. The fourth-order valence-electron chi connectivity index (χ4n) is 1.98. The molecular weight excluding hydrogens is 256 g/mol. The average Bonchev–Trinajstić information content (AvgIpc) is 2.44. The minimum absolute atomic E-state index is 0.0178. The van der Waals surface area contributed by atoms with Gasteiger partial charge in [-0.2, -0.15) is 0 Å². The first-order valence-electron chi connectivity index (χ1n) is 6.32. The molecule has 5 heteroatoms. The quantitative estimate of drug-likeness (QED) is 0.379. The third-order valence-electron chi connectivity index (χ3n) is 2.96. The molecule has 0 aliphatic carbocycles. The molecule has 0 saturated heterocycles. The molecule has 2 aromatic rings. The van der Waals surface area contributed by atoms with Gasteiger partial charge in [0.05, 0.1) is 18.1 Å². The minimum Gasteiger partial charge on any atom is -0.393 e. The van der Waals surface area contributed by atoms with E-state index >= 15 is 0 Å². The molecule has 0 saturated carbocycles. The van der Waals surface area contributed by atoms with Crippen LogP contribution in [0.3, 0.4) is 0 Å². The van der Waals surface area contributed by atoms with E-state index in [0.717, 1.165) is 5.56 Å². The number of anilines is 1. The van der Waals surface area contributed by atoms with E-state index in [1.165, 1.54) is 6.07 Å². The molecule has 2 N–H and O–H groups in total. The Morgan fingerprint density at radius 3 is 2.55 bits per heavy atom. The third kappa shape index (κ3) is 3.55. The molecule has 0 unspecified atom stereocenters. The van der Waals surface area contributed by atoms with Gasteiger partial charge in [-0.1, -0.05) is 42.5 Å². The van der Waals surface area contributed by atoms with Crippen molar-refractivity contribution in [3.05, 3.63) is 69.8 Å². The third-order valence-corrected chi connectivity index (χ3v) is 2.96. The summed E-state index contributed by atoms with van der Waals surface area (Å²) in [5.41, 5.74) is 7.49. The van der Waals surface area contributed by atoms with Gasteiger partial charge in [0.2, 0.25) is 0 Å². The van der Waals surface area contributed by atoms with Gasteiger partial charge in [-0.15, -0.1) is 0 Å². The Bertz CT molecular complexity index is 585. The van der Waals surface area contributed by atoms with E-state index in [-0.39, 0.29) is 11.4 Å². The van der Waals surface area contributed by atoms with Gasteiger partial charge in [0.1, 0.15) is 5.69 Å². The van der Waals surface area contributed by atoms with Gasteiger partial charge in [0.25, 0.3) is 5.69 Å². The summed E-state index contributed by atoms with van der Waals surface area (Å²) in [6.45, 7) is 0.913. The molecule has 0 aliphatic heterocycles. The Hall–Kier alpha value is -2.40. The standard InChI is InChI=1S/C15H16N2O3/c16-14-8-4-7-13(15(14)17(18)19)9-10-20-11-12-5-2-1-3-6-12/h1-8H,9-11,16H2. The first-order chi connectivity index (χ1) is 9.68. The lowest BCUT2D eigenvalue weighted by Crippen LogP contribution is -2.04. The molecule has 5 nitrogen and oxygen atoms in total. The Kier molecular flexibility index (Phi) is 4.68. The predicted molar refractivity (Wildman–Crippen MR) is 77.3 cm³/mol. The summed E-state index contributed by atoms with van der Waals surface area (Å²) in [6.07, 6.45) is 0.466. The van der Waals surface area contributed by atoms with E-state index in [1.807, 2.05) is 30.3 Å². The topological polar surface area (TPSA) is 78.4 Å². The maximum absolute atomic E-state index is 11.0. The summed E-state index contributed by atoms with van der Waals surface area (Å²) in [5.74, 6) is 0. The zero-order chi connectivity index (χ0) is 14.4. The number of rotatable bonds is 6. The number of nitro benzene ring substituents is 1. The highest BCUT2D eigenvalue weighted by Crippen LogP contribution is 2.26. The average molecular weight is 272 g/mol. The molecule has 20 heavy (non-hydrogen) atoms. The van der Waals surface area contributed by atoms with Gasteiger partial charge in [0.15, 0.2) is 0 Å². The number of para-hydroxylation sites is 1. The Morgan fingerprint density at radius 2 is 1.85 bits per heavy atom. The number of ether oxygens (including phenoxy) is 1. The number of nitrogen functional groups attached to an aromatic ring is 1. The normalized spacial score (nSPS) is 10.4. The molecule has 0 bridgehead atoms. The zero-order valence-electron chi connectivity index (χ0n) is 11.0. The van der Waals surface area contributed by atoms with Crippen molar-refractivity contribution in [1.29, 1.82) is 0 Å². The van der Waals surface area contributed by atoms with Crippen molar-refractivity contribution in [1.82, 2.24) is 0 Å². The number of nitrogens with zero attached hydrogens (tertiary/aromatic N) is 1. The summed E-state index contributed by atoms with van der Waals surface area (Å²) < 4.78 is 5.53. The molecule has 0 atom stereocenters. The van der Waals surface area contributed by atoms with E-state index in [4.69, 9.17) is 10.5 Å². The Labute approximate surface area is 117 Å². The molecule has 2 rings (SSSR count). The van der Waals surface area contributed by atoms with Crippen molar-refractivity contribution < 1.29 is 9.66 Å². The van der Waals surface area contributed by atoms with Crippen LogP contribution >= 0.6 is 0 Å². The highest BCUT2D eigenvalue weighted by atomic mass is 16.6. The van der Waals surface area contributed by atoms with Gasteiger partial charge in [0, 0.05) is 12.0 Å². The van der Waals surface area contributed by atoms with Crippen molar-refractivity contribution in [2.75, 3.05) is 12.3 Å². The van der Waals surface area contributed by atoms with Gasteiger partial charge in [-0.3, -0.25) is 10.1 Å². The van der Waals surface area contributed by atoms with Gasteiger partial charge >= 0.3 is 0 Å². The van der Waals surface area contributed by atoms with Crippen LogP contribution in [-0.2, 0) is 17.8 Å². The van der Waals surface area contributed by atoms with E-state index in [2.05, 4.69) is 0 Å². The number of hydrogen-bond acceptors (Lipinski definition) is 4. The van der Waals surface area contributed by atoms with Crippen LogP contribution in [0.1, 0.15) is 11.1 Å². The van der Waals surface area contributed by atoms with E-state index < -0.39 is 4.92 Å². The first-order valence-corrected chi connectivity index (χ1v) is 6.32. The summed E-state index contributed by atoms with van der Waals surface area (Å²) in [6, 6.07) is 14.7. The van der Waals surface area contributed by atoms with E-state index in [1.54, 1.807) is 12.1 Å². The molecule has 0 spiro atoms. The van der Waals surface area contributed by atoms with Crippen LogP contribution in [0.5, 0.6) is 0 Å². The second-order valence-electron chi connectivity index (χ2n) is 4.40. The molecule has 0 heterocycles. The first kappa shape index (κ1) is 14.0. The van der Waals surface area contributed by atoms with Crippen LogP contribution in [0.2, 0.25) is 0 Å². The predicted octanol–water partition coefficient (Wildman–Crippen LogP) is 2.94. The Morgan fingerprint density at radius 1 is 1.10 bits per heavy atom. The molecule has 0 amide bonds. The smallest absolute Gasteiger partial charge is 0.295 e. The second-order valence-corrected chi connectivity index (χ2v) is 4.40. The van der Waals surface area contributed by atoms with Crippen LogP contribution in [0.15, 0.2) is 48.5 Å². The molecule has 0 fully saturated rings. The zero-order valence-corrected chi connectivity index (χ0v) is 11.0. The monoisotopic (exact) mass is 272 g/mol. The summed E-state index contributed by atoms with van der Waals surface area (Å²) in [7, 11) is 0. The highest BCUT2D eigenvalue weighted by molar-refractivity contribution is 5.62. The van der Waals surface area contributed by atoms with E-state index in [0.29, 0.717) is 25.2 Å². The molecule has 0 aromatic heterocycles. The lowest BCUT2D eigenvalue weighted by atomic mass is 10.1. The lowest BCUT2D eigenvalue weighted by Gasteiger charge is -2.06. The molecule has 0 radical (unpaired) electrons. The maximum Gasteiger partial charge on any atom is 0.295 e. The van der Waals surface area contributed by atoms with Crippen molar-refractivity contribution in [2.24, 2.45) is 0 Å². The summed E-state index contributed by atoms with van der Waals surface area (Å²) in [4.78, 5) is 10.5. The van der Waals surface area contributed by atoms with Crippen LogP contribution in [0, 0.1) is 10.1 Å². The molecule has 2 aromatic carbocycles. The van der Waals surface area contributed by atoms with Crippen molar-refractivity contribution in [3.8, 4) is 0 Å². The van der Waals surface area contributed by atoms with Gasteiger partial charge < -0.3 is 10.5 Å². The largest absolute Gasteiger partial charge is 0.393 e. The van der Waals surface area contributed by atoms with Gasteiger partial charge in [-0.05, 0) is 11.6 Å². The SMILES string of the molecule is Nc1cccc(CCOCc2ccccc2)c1[N+](=O)[O-]. The van der Waals surface area contributed by atoms with E-state index in [9.17, 15) is 10.1 Å². The number of benzene rings is 2. The summed E-state index contributed by atoms with van der Waals surface area (Å²) in [5, 5.41) is 11.0. The van der Waals surface area contributed by atoms with Crippen LogP contribution in [0.25, 0.3) is 0 Å². The van der Waals surface area contributed by atoms with Crippen LogP contribution in [0.4, 0.5) is 11.4 Å². The second kappa shape index (κ2) is 6.68. The Balaban J connectivity index is 1.92. The van der Waals surface area contributed by atoms with Crippen molar-refractivity contribution in [2.45, 2.75) is 13.0 Å². The highest BCUT2D eigenvalue weighted by Gasteiger charge is 2.16. The fourth-order valence-corrected chi connectivity index (χ4v) is 1.98. The summed E-state index contributed by atoms with van der Waals surface area (Å²) >= 11 is 0. The molecule has 0 aliphatic rings. The number of nitro groups is 1. The molecule has 104 valence electrons. The lowest BCUT2D eigenvalue weighted by molar-refractivity contribution is -0.384.